The zero-order valence-electron chi connectivity index (χ0n) is 19.9. The van der Waals surface area contributed by atoms with E-state index in [4.69, 9.17) is 0 Å². The Bertz CT molecular complexity index is 712. The fourth-order valence-electron chi connectivity index (χ4n) is 6.32. The van der Waals surface area contributed by atoms with Crippen molar-refractivity contribution in [3.63, 3.8) is 0 Å². The minimum Gasteiger partial charge on any atom is -0.393 e. The quantitative estimate of drug-likeness (QED) is 0.499. The Morgan fingerprint density at radius 1 is 1.07 bits per heavy atom. The number of allylic oxidation sites excluding steroid dienone is 5. The summed E-state index contributed by atoms with van der Waals surface area (Å²) < 4.78 is 0. The minimum absolute atomic E-state index is 0.385. The van der Waals surface area contributed by atoms with Gasteiger partial charge < -0.3 is 10.2 Å². The zero-order valence-corrected chi connectivity index (χ0v) is 19.9. The lowest BCUT2D eigenvalue weighted by Gasteiger charge is -2.44. The van der Waals surface area contributed by atoms with Crippen LogP contribution in [0.3, 0.4) is 0 Å². The van der Waals surface area contributed by atoms with Crippen LogP contribution in [-0.4, -0.2) is 22.4 Å². The summed E-state index contributed by atoms with van der Waals surface area (Å²) in [6.45, 7) is 16.0. The third-order valence-electron chi connectivity index (χ3n) is 8.71. The van der Waals surface area contributed by atoms with Crippen LogP contribution in [0.4, 0.5) is 0 Å². The molecule has 0 spiro atoms. The highest BCUT2D eigenvalue weighted by atomic mass is 16.3. The largest absolute Gasteiger partial charge is 0.393 e. The van der Waals surface area contributed by atoms with Gasteiger partial charge in [-0.15, -0.1) is 0 Å². The van der Waals surface area contributed by atoms with Gasteiger partial charge in [-0.3, -0.25) is 0 Å². The fourth-order valence-corrected chi connectivity index (χ4v) is 6.32. The van der Waals surface area contributed by atoms with E-state index in [2.05, 4.69) is 65.5 Å². The van der Waals surface area contributed by atoms with Gasteiger partial charge in [0.1, 0.15) is 0 Å². The Morgan fingerprint density at radius 2 is 1.80 bits per heavy atom. The first-order chi connectivity index (χ1) is 14.1. The van der Waals surface area contributed by atoms with Gasteiger partial charge in [0, 0.05) is 6.42 Å². The molecule has 7 atom stereocenters. The second kappa shape index (κ2) is 9.57. The normalized spacial score (nSPS) is 39.8. The van der Waals surface area contributed by atoms with Crippen LogP contribution in [0.15, 0.2) is 47.6 Å². The fraction of sp³-hybridized carbons (Fsp3) is 0.714. The van der Waals surface area contributed by atoms with E-state index < -0.39 is 12.2 Å². The molecule has 3 aliphatic rings. The highest BCUT2D eigenvalue weighted by Gasteiger charge is 2.50. The first kappa shape index (κ1) is 23.5. The van der Waals surface area contributed by atoms with Gasteiger partial charge in [0.2, 0.25) is 0 Å². The Labute approximate surface area is 184 Å². The molecule has 0 saturated heterocycles. The number of hydrogen-bond acceptors (Lipinski definition) is 2. The van der Waals surface area contributed by atoms with Crippen LogP contribution in [-0.2, 0) is 0 Å². The lowest BCUT2D eigenvalue weighted by Crippen LogP contribution is -2.35. The predicted molar refractivity (Wildman–Crippen MR) is 127 cm³/mol. The van der Waals surface area contributed by atoms with E-state index in [9.17, 15) is 10.2 Å². The molecule has 0 aromatic rings. The molecule has 0 aromatic carbocycles. The van der Waals surface area contributed by atoms with Crippen molar-refractivity contribution in [3.8, 4) is 0 Å². The summed E-state index contributed by atoms with van der Waals surface area (Å²) in [6, 6.07) is 0. The molecule has 0 amide bonds. The molecule has 3 aliphatic carbocycles. The van der Waals surface area contributed by atoms with Crippen molar-refractivity contribution in [2.45, 2.75) is 91.8 Å². The van der Waals surface area contributed by atoms with Crippen molar-refractivity contribution < 1.29 is 10.2 Å². The maximum atomic E-state index is 10.1. The van der Waals surface area contributed by atoms with E-state index in [1.165, 1.54) is 32.1 Å². The second-order valence-corrected chi connectivity index (χ2v) is 11.0. The topological polar surface area (TPSA) is 40.5 Å². The highest BCUT2D eigenvalue weighted by molar-refractivity contribution is 5.38. The van der Waals surface area contributed by atoms with Crippen molar-refractivity contribution in [1.82, 2.24) is 0 Å². The Kier molecular flexibility index (Phi) is 7.51. The van der Waals surface area contributed by atoms with Crippen molar-refractivity contribution in [1.29, 1.82) is 0 Å². The van der Waals surface area contributed by atoms with E-state index in [1.807, 2.05) is 0 Å². The molecule has 0 aromatic heterocycles. The lowest BCUT2D eigenvalue weighted by molar-refractivity contribution is 0.0862. The van der Waals surface area contributed by atoms with E-state index in [1.54, 1.807) is 5.57 Å². The molecular weight excluding hydrogens is 368 g/mol. The lowest BCUT2D eigenvalue weighted by atomic mass is 9.61. The van der Waals surface area contributed by atoms with Crippen LogP contribution in [0.25, 0.3) is 0 Å². The maximum absolute atomic E-state index is 10.1. The molecule has 2 heteroatoms. The average molecular weight is 413 g/mol. The molecular formula is C28H44O2. The van der Waals surface area contributed by atoms with E-state index in [0.717, 1.165) is 17.1 Å². The number of aliphatic hydroxyl groups is 2. The van der Waals surface area contributed by atoms with Crippen LogP contribution < -0.4 is 0 Å². The van der Waals surface area contributed by atoms with Crippen LogP contribution in [0.2, 0.25) is 0 Å². The molecule has 3 rings (SSSR count). The third-order valence-corrected chi connectivity index (χ3v) is 8.71. The maximum Gasteiger partial charge on any atom is 0.0811 e. The first-order valence-corrected chi connectivity index (χ1v) is 12.3. The van der Waals surface area contributed by atoms with E-state index >= 15 is 0 Å². The van der Waals surface area contributed by atoms with Crippen LogP contribution in [0.1, 0.15) is 79.6 Å². The SMILES string of the molecule is C=C1/C(=C\C=C2\CCC[C@]3(C)[C@@H]2CC[C@@H]3[C@@H](C)/C=C/[C@H](C)C(C)C)C[C@@H](O)C[C@@H]1O. The summed E-state index contributed by atoms with van der Waals surface area (Å²) in [5.74, 6) is 3.38. The summed E-state index contributed by atoms with van der Waals surface area (Å²) in [7, 11) is 0. The number of hydrogen-bond donors (Lipinski definition) is 2. The zero-order chi connectivity index (χ0) is 22.1. The molecule has 3 fully saturated rings. The molecule has 0 heterocycles. The molecule has 0 aliphatic heterocycles. The highest BCUT2D eigenvalue weighted by Crippen LogP contribution is 2.59. The molecule has 0 radical (unpaired) electrons. The molecule has 168 valence electrons. The van der Waals surface area contributed by atoms with Crippen molar-refractivity contribution in [2.75, 3.05) is 0 Å². The molecule has 3 saturated carbocycles. The van der Waals surface area contributed by atoms with E-state index in [0.29, 0.717) is 41.9 Å². The second-order valence-electron chi connectivity index (χ2n) is 11.0. The van der Waals surface area contributed by atoms with Crippen LogP contribution >= 0.6 is 0 Å². The van der Waals surface area contributed by atoms with Crippen LogP contribution in [0, 0.1) is 35.0 Å². The summed E-state index contributed by atoms with van der Waals surface area (Å²) in [6.07, 6.45) is 15.8. The Hall–Kier alpha value is -1.12. The molecule has 0 unspecified atom stereocenters. The predicted octanol–water partition coefficient (Wildman–Crippen LogP) is 6.61. The van der Waals surface area contributed by atoms with E-state index in [-0.39, 0.29) is 0 Å². The van der Waals surface area contributed by atoms with Gasteiger partial charge in [-0.05, 0) is 84.7 Å². The average Bonchev–Trinajstić information content (AvgIpc) is 3.04. The standard InChI is InChI=1S/C28H44O2/c1-18(2)19(3)9-10-20(4)25-13-14-26-22(8-7-15-28(25,26)6)11-12-23-16-24(29)17-27(30)21(23)5/h9-12,18-20,24-27,29-30H,5,7-8,13-17H2,1-4,6H3/b10-9+,22-11-,23-12-/t19-,20-,24+,25+,26+,27-,28-/m0/s1. The molecule has 2 nitrogen and oxygen atoms in total. The summed E-state index contributed by atoms with van der Waals surface area (Å²) in [4.78, 5) is 0. The smallest absolute Gasteiger partial charge is 0.0811 e. The van der Waals surface area contributed by atoms with Gasteiger partial charge in [0.05, 0.1) is 12.2 Å². The van der Waals surface area contributed by atoms with Crippen molar-refractivity contribution in [3.05, 3.63) is 47.6 Å². The number of aliphatic hydroxyl groups excluding tert-OH is 2. The third kappa shape index (κ3) is 4.86. The van der Waals surface area contributed by atoms with Gasteiger partial charge in [0.15, 0.2) is 0 Å². The number of fused-ring (bicyclic) bond motifs is 1. The summed E-state index contributed by atoms with van der Waals surface area (Å²) >= 11 is 0. The number of rotatable bonds is 5. The van der Waals surface area contributed by atoms with Crippen molar-refractivity contribution in [2.24, 2.45) is 35.0 Å². The monoisotopic (exact) mass is 412 g/mol. The molecule has 30 heavy (non-hydrogen) atoms. The Balaban J connectivity index is 1.76. The van der Waals surface area contributed by atoms with Gasteiger partial charge in [-0.1, -0.05) is 71.1 Å². The first-order valence-electron chi connectivity index (χ1n) is 12.3. The minimum atomic E-state index is -0.605. The van der Waals surface area contributed by atoms with Gasteiger partial charge in [0.25, 0.3) is 0 Å². The summed E-state index contributed by atoms with van der Waals surface area (Å²) in [5.41, 5.74) is 3.77. The summed E-state index contributed by atoms with van der Waals surface area (Å²) in [5, 5.41) is 20.2. The van der Waals surface area contributed by atoms with Gasteiger partial charge in [-0.2, -0.15) is 0 Å². The van der Waals surface area contributed by atoms with Crippen molar-refractivity contribution >= 4 is 0 Å². The Morgan fingerprint density at radius 3 is 2.50 bits per heavy atom. The van der Waals surface area contributed by atoms with Gasteiger partial charge in [-0.25, -0.2) is 0 Å². The molecule has 2 N–H and O–H groups in total. The van der Waals surface area contributed by atoms with Crippen LogP contribution in [0.5, 0.6) is 0 Å². The van der Waals surface area contributed by atoms with Gasteiger partial charge >= 0.3 is 0 Å². The molecule has 0 bridgehead atoms.